The van der Waals surface area contributed by atoms with Crippen LogP contribution in [0.5, 0.6) is 0 Å². The van der Waals surface area contributed by atoms with Crippen molar-refractivity contribution in [3.63, 3.8) is 0 Å². The third-order valence-corrected chi connectivity index (χ3v) is 4.14. The Morgan fingerprint density at radius 1 is 1.04 bits per heavy atom. The number of hydrogen-bond donors (Lipinski definition) is 0. The van der Waals surface area contributed by atoms with E-state index in [1.54, 1.807) is 0 Å². The molecule has 1 heterocycles. The van der Waals surface area contributed by atoms with Crippen molar-refractivity contribution in [2.75, 3.05) is 0 Å². The number of rotatable bonds is 2. The van der Waals surface area contributed by atoms with Crippen LogP contribution >= 0.6 is 23.2 Å². The van der Waals surface area contributed by atoms with Crippen LogP contribution in [0.15, 0.2) is 29.2 Å². The zero-order valence-corrected chi connectivity index (χ0v) is 13.9. The first-order valence-corrected chi connectivity index (χ1v) is 7.51. The molecule has 2 aromatic rings. The van der Waals surface area contributed by atoms with Crippen molar-refractivity contribution in [1.29, 1.82) is 0 Å². The van der Waals surface area contributed by atoms with Crippen LogP contribution in [0, 0.1) is 0 Å². The van der Waals surface area contributed by atoms with Crippen LogP contribution in [-0.4, -0.2) is 4.57 Å². The zero-order valence-electron chi connectivity index (χ0n) is 12.4. The molecular weight excluding hydrogens is 395 g/mol. The summed E-state index contributed by atoms with van der Waals surface area (Å²) in [5.74, 6) is 0. The molecule has 0 aliphatic rings. The third kappa shape index (κ3) is 3.79. The molecular formula is C15H9Cl2F6NO. The van der Waals surface area contributed by atoms with Gasteiger partial charge in [-0.1, -0.05) is 30.1 Å². The molecule has 1 aromatic heterocycles. The van der Waals surface area contributed by atoms with Crippen LogP contribution in [0.3, 0.4) is 0 Å². The molecule has 0 aliphatic heterocycles. The molecule has 0 aliphatic carbocycles. The van der Waals surface area contributed by atoms with Crippen LogP contribution in [0.25, 0.3) is 5.69 Å². The summed E-state index contributed by atoms with van der Waals surface area (Å²) in [6.07, 6.45) is -8.80. The molecule has 0 atom stereocenters. The molecule has 2 rings (SSSR count). The van der Waals surface area contributed by atoms with Gasteiger partial charge in [0.05, 0.1) is 26.9 Å². The number of aromatic nitrogens is 1. The van der Waals surface area contributed by atoms with E-state index in [-0.39, 0.29) is 17.7 Å². The van der Waals surface area contributed by atoms with Gasteiger partial charge in [0.2, 0.25) is 0 Å². The molecule has 25 heavy (non-hydrogen) atoms. The highest BCUT2D eigenvalue weighted by Crippen LogP contribution is 2.41. The first kappa shape index (κ1) is 19.7. The molecule has 0 spiro atoms. The molecule has 0 N–H and O–H groups in total. The Morgan fingerprint density at radius 3 is 2.08 bits per heavy atom. The third-order valence-electron chi connectivity index (χ3n) is 3.44. The molecule has 1 aromatic carbocycles. The quantitative estimate of drug-likeness (QED) is 0.585. The van der Waals surface area contributed by atoms with Gasteiger partial charge < -0.3 is 0 Å². The summed E-state index contributed by atoms with van der Waals surface area (Å²) in [6.45, 7) is 1.42. The summed E-state index contributed by atoms with van der Waals surface area (Å²) in [7, 11) is 0. The van der Waals surface area contributed by atoms with Gasteiger partial charge in [-0.15, -0.1) is 0 Å². The van der Waals surface area contributed by atoms with E-state index in [0.717, 1.165) is 6.20 Å². The fourth-order valence-electron chi connectivity index (χ4n) is 2.31. The van der Waals surface area contributed by atoms with Crippen molar-refractivity contribution in [3.8, 4) is 5.69 Å². The second-order valence-corrected chi connectivity index (χ2v) is 5.80. The summed E-state index contributed by atoms with van der Waals surface area (Å²) in [6, 6.07) is 1.53. The second kappa shape index (κ2) is 6.57. The number of alkyl halides is 6. The van der Waals surface area contributed by atoms with Crippen LogP contribution in [0.2, 0.25) is 10.0 Å². The van der Waals surface area contributed by atoms with E-state index in [4.69, 9.17) is 23.2 Å². The summed E-state index contributed by atoms with van der Waals surface area (Å²) in [5.41, 5.74) is -3.98. The SMILES string of the molecule is CCc1c(C(F)(F)F)cc(Cl)c(-n2ccc(C(F)(F)F)cc2=O)c1Cl. The van der Waals surface area contributed by atoms with E-state index in [2.05, 4.69) is 0 Å². The van der Waals surface area contributed by atoms with E-state index in [1.807, 2.05) is 0 Å². The average Bonchev–Trinajstić information content (AvgIpc) is 2.46. The Kier molecular flexibility index (Phi) is 5.16. The van der Waals surface area contributed by atoms with Crippen molar-refractivity contribution in [3.05, 3.63) is 61.5 Å². The van der Waals surface area contributed by atoms with Gasteiger partial charge in [-0.25, -0.2) is 0 Å². The Labute approximate surface area is 147 Å². The van der Waals surface area contributed by atoms with Crippen molar-refractivity contribution in [2.45, 2.75) is 25.7 Å². The smallest absolute Gasteiger partial charge is 0.281 e. The highest BCUT2D eigenvalue weighted by molar-refractivity contribution is 6.38. The summed E-state index contributed by atoms with van der Waals surface area (Å²) < 4.78 is 77.8. The molecule has 0 saturated heterocycles. The number of halogens is 8. The minimum atomic E-state index is -4.74. The Balaban J connectivity index is 2.75. The van der Waals surface area contributed by atoms with Crippen molar-refractivity contribution in [2.24, 2.45) is 0 Å². The second-order valence-electron chi connectivity index (χ2n) is 5.02. The van der Waals surface area contributed by atoms with E-state index < -0.39 is 39.1 Å². The lowest BCUT2D eigenvalue weighted by molar-refractivity contribution is -0.138. The van der Waals surface area contributed by atoms with Gasteiger partial charge >= 0.3 is 12.4 Å². The van der Waals surface area contributed by atoms with Gasteiger partial charge in [-0.3, -0.25) is 9.36 Å². The highest BCUT2D eigenvalue weighted by Gasteiger charge is 2.36. The summed E-state index contributed by atoms with van der Waals surface area (Å²) in [5, 5.41) is -0.944. The lowest BCUT2D eigenvalue weighted by atomic mass is 10.0. The number of nitrogens with zero attached hydrogens (tertiary/aromatic N) is 1. The standard InChI is InChI=1S/C15H9Cl2F6NO/c1-2-8-9(15(21,22)23)6-10(16)13(12(8)17)24-4-3-7(5-11(24)25)14(18,19)20/h3-6H,2H2,1H3. The lowest BCUT2D eigenvalue weighted by Crippen LogP contribution is -2.21. The maximum atomic E-state index is 13.1. The fourth-order valence-corrected chi connectivity index (χ4v) is 3.08. The van der Waals surface area contributed by atoms with E-state index >= 15 is 0 Å². The molecule has 136 valence electrons. The minimum absolute atomic E-state index is 0.118. The Hall–Kier alpha value is -1.67. The zero-order chi connectivity index (χ0) is 19.2. The topological polar surface area (TPSA) is 22.0 Å². The van der Waals surface area contributed by atoms with Gasteiger partial charge in [0.25, 0.3) is 5.56 Å². The van der Waals surface area contributed by atoms with Crippen molar-refractivity contribution >= 4 is 23.2 Å². The van der Waals surface area contributed by atoms with Gasteiger partial charge in [0.15, 0.2) is 0 Å². The van der Waals surface area contributed by atoms with Gasteiger partial charge in [-0.05, 0) is 24.1 Å². The Morgan fingerprint density at radius 2 is 1.64 bits per heavy atom. The molecule has 0 bridgehead atoms. The Bertz CT molecular complexity index is 870. The molecule has 0 unspecified atom stereocenters. The van der Waals surface area contributed by atoms with E-state index in [0.29, 0.717) is 22.8 Å². The summed E-state index contributed by atoms with van der Waals surface area (Å²) >= 11 is 11.8. The predicted octanol–water partition coefficient (Wildman–Crippen LogP) is 5.74. The van der Waals surface area contributed by atoms with Gasteiger partial charge in [-0.2, -0.15) is 26.3 Å². The molecule has 10 heteroatoms. The van der Waals surface area contributed by atoms with Gasteiger partial charge in [0.1, 0.15) is 0 Å². The van der Waals surface area contributed by atoms with Crippen LogP contribution in [0.4, 0.5) is 26.3 Å². The van der Waals surface area contributed by atoms with E-state index in [9.17, 15) is 31.1 Å². The monoisotopic (exact) mass is 403 g/mol. The van der Waals surface area contributed by atoms with Crippen LogP contribution < -0.4 is 5.56 Å². The van der Waals surface area contributed by atoms with Crippen LogP contribution in [0.1, 0.15) is 23.6 Å². The van der Waals surface area contributed by atoms with Gasteiger partial charge in [0, 0.05) is 12.3 Å². The molecule has 2 nitrogen and oxygen atoms in total. The maximum absolute atomic E-state index is 13.1. The summed E-state index contributed by atoms with van der Waals surface area (Å²) in [4.78, 5) is 12.0. The number of benzene rings is 1. The van der Waals surface area contributed by atoms with Crippen molar-refractivity contribution in [1.82, 2.24) is 4.57 Å². The molecule has 0 saturated carbocycles. The fraction of sp³-hybridized carbons (Fsp3) is 0.267. The molecule has 0 fully saturated rings. The highest BCUT2D eigenvalue weighted by atomic mass is 35.5. The molecule has 0 radical (unpaired) electrons. The molecule has 0 amide bonds. The largest absolute Gasteiger partial charge is 0.416 e. The normalized spacial score (nSPS) is 12.5. The van der Waals surface area contributed by atoms with Crippen LogP contribution in [-0.2, 0) is 18.8 Å². The average molecular weight is 404 g/mol. The number of pyridine rings is 1. The lowest BCUT2D eigenvalue weighted by Gasteiger charge is -2.19. The predicted molar refractivity (Wildman–Crippen MR) is 81.4 cm³/mol. The first-order chi connectivity index (χ1) is 11.4. The minimum Gasteiger partial charge on any atom is -0.281 e. The first-order valence-electron chi connectivity index (χ1n) is 6.76. The van der Waals surface area contributed by atoms with Crippen molar-refractivity contribution < 1.29 is 26.3 Å². The van der Waals surface area contributed by atoms with E-state index in [1.165, 1.54) is 6.92 Å². The number of hydrogen-bond acceptors (Lipinski definition) is 1. The maximum Gasteiger partial charge on any atom is 0.416 e.